The summed E-state index contributed by atoms with van der Waals surface area (Å²) in [6, 6.07) is 7.31. The van der Waals surface area contributed by atoms with Crippen LogP contribution in [0, 0.1) is 5.92 Å². The summed E-state index contributed by atoms with van der Waals surface area (Å²) in [6.45, 7) is 2.39. The lowest BCUT2D eigenvalue weighted by molar-refractivity contribution is 0.0669. The van der Waals surface area contributed by atoms with Crippen molar-refractivity contribution in [3.05, 3.63) is 29.8 Å². The van der Waals surface area contributed by atoms with Gasteiger partial charge in [-0.15, -0.1) is 0 Å². The molecule has 1 heterocycles. The van der Waals surface area contributed by atoms with E-state index in [0.29, 0.717) is 12.5 Å². The van der Waals surface area contributed by atoms with Gasteiger partial charge in [0.05, 0.1) is 7.11 Å². The van der Waals surface area contributed by atoms with E-state index in [4.69, 9.17) is 10.5 Å². The molecule has 4 nitrogen and oxygen atoms in total. The summed E-state index contributed by atoms with van der Waals surface area (Å²) >= 11 is 0. The topological polar surface area (TPSA) is 55.6 Å². The van der Waals surface area contributed by atoms with E-state index in [1.165, 1.54) is 6.42 Å². The highest BCUT2D eigenvalue weighted by Crippen LogP contribution is 2.21. The third-order valence-electron chi connectivity index (χ3n) is 3.72. The first-order chi connectivity index (χ1) is 9.24. The van der Waals surface area contributed by atoms with E-state index in [1.54, 1.807) is 7.11 Å². The number of carbonyl (C=O) groups is 1. The van der Waals surface area contributed by atoms with Crippen LogP contribution in [0.5, 0.6) is 5.75 Å². The molecule has 1 saturated heterocycles. The molecular weight excluding hydrogens is 240 g/mol. The number of amides is 1. The zero-order valence-electron chi connectivity index (χ0n) is 11.5. The first-order valence-electron chi connectivity index (χ1n) is 6.88. The van der Waals surface area contributed by atoms with E-state index in [0.717, 1.165) is 37.2 Å². The van der Waals surface area contributed by atoms with Crippen molar-refractivity contribution in [1.82, 2.24) is 4.90 Å². The summed E-state index contributed by atoms with van der Waals surface area (Å²) in [5, 5.41) is 0. The summed E-state index contributed by atoms with van der Waals surface area (Å²) < 4.78 is 5.10. The zero-order valence-corrected chi connectivity index (χ0v) is 11.5. The molecule has 2 rings (SSSR count). The number of benzene rings is 1. The number of piperidine rings is 1. The lowest BCUT2D eigenvalue weighted by Crippen LogP contribution is -2.40. The summed E-state index contributed by atoms with van der Waals surface area (Å²) in [5.74, 6) is 1.45. The van der Waals surface area contributed by atoms with Gasteiger partial charge in [-0.25, -0.2) is 0 Å². The lowest BCUT2D eigenvalue weighted by atomic mass is 9.94. The molecule has 0 saturated carbocycles. The molecule has 104 valence electrons. The average molecular weight is 262 g/mol. The van der Waals surface area contributed by atoms with Crippen molar-refractivity contribution < 1.29 is 9.53 Å². The number of likely N-dealkylation sites (tertiary alicyclic amines) is 1. The predicted octanol–water partition coefficient (Wildman–Crippen LogP) is 1.90. The Morgan fingerprint density at radius 2 is 2.16 bits per heavy atom. The van der Waals surface area contributed by atoms with Gasteiger partial charge in [-0.3, -0.25) is 4.79 Å². The van der Waals surface area contributed by atoms with Crippen molar-refractivity contribution in [3.63, 3.8) is 0 Å². The second-order valence-electron chi connectivity index (χ2n) is 5.07. The predicted molar refractivity (Wildman–Crippen MR) is 75.3 cm³/mol. The van der Waals surface area contributed by atoms with Crippen molar-refractivity contribution in [2.45, 2.75) is 19.3 Å². The Bertz CT molecular complexity index is 415. The largest absolute Gasteiger partial charge is 0.497 e. The number of nitrogens with zero attached hydrogens (tertiary/aromatic N) is 1. The highest BCUT2D eigenvalue weighted by molar-refractivity contribution is 5.94. The molecule has 2 N–H and O–H groups in total. The minimum Gasteiger partial charge on any atom is -0.497 e. The molecule has 1 atom stereocenters. The van der Waals surface area contributed by atoms with Gasteiger partial charge in [-0.2, -0.15) is 0 Å². The molecule has 0 radical (unpaired) electrons. The van der Waals surface area contributed by atoms with Crippen molar-refractivity contribution in [2.24, 2.45) is 11.7 Å². The van der Waals surface area contributed by atoms with Gasteiger partial charge in [-0.05, 0) is 56.0 Å². The third kappa shape index (κ3) is 3.47. The molecule has 1 fully saturated rings. The molecule has 1 aliphatic heterocycles. The Labute approximate surface area is 114 Å². The van der Waals surface area contributed by atoms with Gasteiger partial charge in [0, 0.05) is 18.7 Å². The maximum absolute atomic E-state index is 12.4. The Morgan fingerprint density at radius 1 is 1.42 bits per heavy atom. The number of hydrogen-bond donors (Lipinski definition) is 1. The number of rotatable bonds is 4. The molecule has 1 aromatic carbocycles. The molecule has 0 aliphatic carbocycles. The minimum atomic E-state index is 0.115. The first kappa shape index (κ1) is 13.9. The lowest BCUT2D eigenvalue weighted by Gasteiger charge is -2.32. The highest BCUT2D eigenvalue weighted by Gasteiger charge is 2.23. The van der Waals surface area contributed by atoms with Crippen LogP contribution in [-0.4, -0.2) is 37.6 Å². The standard InChI is InChI=1S/C15H22N2O2/c1-19-14-6-4-13(5-7-14)15(18)17-10-2-3-12(11-17)8-9-16/h4-7,12H,2-3,8-11,16H2,1H3. The highest BCUT2D eigenvalue weighted by atomic mass is 16.5. The number of methoxy groups -OCH3 is 1. The van der Waals surface area contributed by atoms with E-state index in [9.17, 15) is 4.79 Å². The number of hydrogen-bond acceptors (Lipinski definition) is 3. The van der Waals surface area contributed by atoms with E-state index in [2.05, 4.69) is 0 Å². The molecule has 1 unspecified atom stereocenters. The van der Waals surface area contributed by atoms with Crippen LogP contribution < -0.4 is 10.5 Å². The van der Waals surface area contributed by atoms with E-state index in [1.807, 2.05) is 29.2 Å². The zero-order chi connectivity index (χ0) is 13.7. The first-order valence-corrected chi connectivity index (χ1v) is 6.88. The SMILES string of the molecule is COc1ccc(C(=O)N2CCCC(CCN)C2)cc1. The van der Waals surface area contributed by atoms with Gasteiger partial charge in [-0.1, -0.05) is 0 Å². The van der Waals surface area contributed by atoms with E-state index < -0.39 is 0 Å². The van der Waals surface area contributed by atoms with Crippen molar-refractivity contribution in [1.29, 1.82) is 0 Å². The van der Waals surface area contributed by atoms with Crippen LogP contribution in [0.2, 0.25) is 0 Å². The summed E-state index contributed by atoms with van der Waals surface area (Å²) in [5.41, 5.74) is 6.34. The van der Waals surface area contributed by atoms with Crippen molar-refractivity contribution in [2.75, 3.05) is 26.7 Å². The molecule has 1 aliphatic rings. The average Bonchev–Trinajstić information content (AvgIpc) is 2.47. The molecule has 19 heavy (non-hydrogen) atoms. The van der Waals surface area contributed by atoms with Crippen LogP contribution >= 0.6 is 0 Å². The Morgan fingerprint density at radius 3 is 2.79 bits per heavy atom. The maximum Gasteiger partial charge on any atom is 0.253 e. The fourth-order valence-corrected chi connectivity index (χ4v) is 2.64. The van der Waals surface area contributed by atoms with Crippen LogP contribution in [0.1, 0.15) is 29.6 Å². The van der Waals surface area contributed by atoms with Gasteiger partial charge in [0.1, 0.15) is 5.75 Å². The molecule has 0 spiro atoms. The van der Waals surface area contributed by atoms with E-state index in [-0.39, 0.29) is 5.91 Å². The molecule has 4 heteroatoms. The monoisotopic (exact) mass is 262 g/mol. The molecular formula is C15H22N2O2. The van der Waals surface area contributed by atoms with Crippen molar-refractivity contribution >= 4 is 5.91 Å². The smallest absolute Gasteiger partial charge is 0.253 e. The van der Waals surface area contributed by atoms with Crippen LogP contribution in [0.4, 0.5) is 0 Å². The van der Waals surface area contributed by atoms with Gasteiger partial charge >= 0.3 is 0 Å². The fraction of sp³-hybridized carbons (Fsp3) is 0.533. The van der Waals surface area contributed by atoms with Crippen LogP contribution in [-0.2, 0) is 0 Å². The second-order valence-corrected chi connectivity index (χ2v) is 5.07. The normalized spacial score (nSPS) is 19.3. The van der Waals surface area contributed by atoms with Crippen LogP contribution in [0.25, 0.3) is 0 Å². The second kappa shape index (κ2) is 6.57. The molecule has 0 aromatic heterocycles. The number of nitrogens with two attached hydrogens (primary N) is 1. The number of carbonyl (C=O) groups excluding carboxylic acids is 1. The number of ether oxygens (including phenoxy) is 1. The Hall–Kier alpha value is -1.55. The molecule has 1 amide bonds. The summed E-state index contributed by atoms with van der Waals surface area (Å²) in [6.07, 6.45) is 3.27. The van der Waals surface area contributed by atoms with E-state index >= 15 is 0 Å². The van der Waals surface area contributed by atoms with Crippen molar-refractivity contribution in [3.8, 4) is 5.75 Å². The van der Waals surface area contributed by atoms with Gasteiger partial charge in [0.15, 0.2) is 0 Å². The Kier molecular flexibility index (Phi) is 4.80. The fourth-order valence-electron chi connectivity index (χ4n) is 2.64. The van der Waals surface area contributed by atoms with Crippen LogP contribution in [0.3, 0.4) is 0 Å². The minimum absolute atomic E-state index is 0.115. The van der Waals surface area contributed by atoms with Crippen LogP contribution in [0.15, 0.2) is 24.3 Å². The third-order valence-corrected chi connectivity index (χ3v) is 3.72. The van der Waals surface area contributed by atoms with Gasteiger partial charge in [0.2, 0.25) is 0 Å². The summed E-state index contributed by atoms with van der Waals surface area (Å²) in [4.78, 5) is 14.4. The van der Waals surface area contributed by atoms with Gasteiger partial charge < -0.3 is 15.4 Å². The summed E-state index contributed by atoms with van der Waals surface area (Å²) in [7, 11) is 1.62. The maximum atomic E-state index is 12.4. The molecule has 0 bridgehead atoms. The quantitative estimate of drug-likeness (QED) is 0.901. The van der Waals surface area contributed by atoms with Gasteiger partial charge in [0.25, 0.3) is 5.91 Å². The molecule has 1 aromatic rings. The Balaban J connectivity index is 2.01.